The number of carbonyl (C=O) groups is 1. The van der Waals surface area contributed by atoms with E-state index in [2.05, 4.69) is 9.97 Å². The van der Waals surface area contributed by atoms with Crippen molar-refractivity contribution in [2.75, 3.05) is 13.7 Å². The monoisotopic (exact) mass is 460 g/mol. The van der Waals surface area contributed by atoms with Gasteiger partial charge in [0.25, 0.3) is 0 Å². The Morgan fingerprint density at radius 3 is 2.45 bits per heavy atom. The number of carbonyl (C=O) groups excluding carboxylic acids is 1. The van der Waals surface area contributed by atoms with E-state index < -0.39 is 17.9 Å². The Balaban J connectivity index is 1.74. The predicted molar refractivity (Wildman–Crippen MR) is 113 cm³/mol. The molecule has 33 heavy (non-hydrogen) atoms. The van der Waals surface area contributed by atoms with Gasteiger partial charge in [-0.3, -0.25) is 0 Å². The zero-order valence-electron chi connectivity index (χ0n) is 17.7. The molecular formula is C23H19F3N2O5. The second kappa shape index (κ2) is 8.99. The van der Waals surface area contributed by atoms with E-state index in [-0.39, 0.29) is 24.8 Å². The molecule has 0 saturated carbocycles. The Hall–Kier alpha value is -3.79. The van der Waals surface area contributed by atoms with Gasteiger partial charge in [0.2, 0.25) is 5.88 Å². The molecule has 172 valence electrons. The SMILES string of the molecule is CCOC(=O)Oc1ncc2[nH]c3ccc(Oc4ccc(C(F)(F)F)cc4)cc3c2c1COC. The summed E-state index contributed by atoms with van der Waals surface area (Å²) in [6.45, 7) is 1.92. The maximum atomic E-state index is 12.8. The van der Waals surface area contributed by atoms with Crippen molar-refractivity contribution < 1.29 is 36.9 Å². The van der Waals surface area contributed by atoms with Crippen molar-refractivity contribution in [1.29, 1.82) is 0 Å². The van der Waals surface area contributed by atoms with Crippen LogP contribution in [0.2, 0.25) is 0 Å². The predicted octanol–water partition coefficient (Wildman–Crippen LogP) is 6.21. The topological polar surface area (TPSA) is 82.7 Å². The zero-order valence-corrected chi connectivity index (χ0v) is 17.7. The molecule has 0 fully saturated rings. The summed E-state index contributed by atoms with van der Waals surface area (Å²) < 4.78 is 59.5. The minimum atomic E-state index is -4.42. The summed E-state index contributed by atoms with van der Waals surface area (Å²) in [5.41, 5.74) is 1.21. The number of benzene rings is 2. The summed E-state index contributed by atoms with van der Waals surface area (Å²) >= 11 is 0. The molecule has 10 heteroatoms. The molecule has 0 saturated heterocycles. The van der Waals surface area contributed by atoms with Crippen LogP contribution in [0.1, 0.15) is 18.1 Å². The highest BCUT2D eigenvalue weighted by molar-refractivity contribution is 6.09. The quantitative estimate of drug-likeness (QED) is 0.345. The Labute approximate surface area is 186 Å². The van der Waals surface area contributed by atoms with Gasteiger partial charge in [-0.15, -0.1) is 0 Å². The molecular weight excluding hydrogens is 441 g/mol. The summed E-state index contributed by atoms with van der Waals surface area (Å²) in [6.07, 6.45) is -3.77. The Morgan fingerprint density at radius 1 is 1.06 bits per heavy atom. The lowest BCUT2D eigenvalue weighted by atomic mass is 10.1. The normalized spacial score (nSPS) is 11.7. The van der Waals surface area contributed by atoms with Crippen molar-refractivity contribution in [3.8, 4) is 17.4 Å². The van der Waals surface area contributed by atoms with Crippen LogP contribution in [-0.2, 0) is 22.3 Å². The van der Waals surface area contributed by atoms with Gasteiger partial charge in [-0.25, -0.2) is 9.78 Å². The number of aromatic amines is 1. The van der Waals surface area contributed by atoms with Gasteiger partial charge in [0, 0.05) is 23.4 Å². The minimum Gasteiger partial charge on any atom is -0.457 e. The third-order valence-corrected chi connectivity index (χ3v) is 4.82. The molecule has 0 bridgehead atoms. The van der Waals surface area contributed by atoms with Crippen molar-refractivity contribution in [2.24, 2.45) is 0 Å². The van der Waals surface area contributed by atoms with Crippen LogP contribution in [0.15, 0.2) is 48.7 Å². The van der Waals surface area contributed by atoms with Gasteiger partial charge in [0.05, 0.1) is 36.1 Å². The molecule has 2 aromatic carbocycles. The summed E-state index contributed by atoms with van der Waals surface area (Å²) in [5, 5.41) is 1.44. The van der Waals surface area contributed by atoms with Crippen molar-refractivity contribution in [3.63, 3.8) is 0 Å². The molecule has 4 rings (SSSR count). The van der Waals surface area contributed by atoms with Crippen LogP contribution in [-0.4, -0.2) is 29.8 Å². The molecule has 0 aliphatic carbocycles. The minimum absolute atomic E-state index is 0.0535. The van der Waals surface area contributed by atoms with Gasteiger partial charge in [0.15, 0.2) is 0 Å². The van der Waals surface area contributed by atoms with Crippen LogP contribution in [0.25, 0.3) is 21.8 Å². The molecule has 7 nitrogen and oxygen atoms in total. The maximum absolute atomic E-state index is 12.8. The molecule has 0 amide bonds. The first-order valence-electron chi connectivity index (χ1n) is 9.92. The van der Waals surface area contributed by atoms with Crippen LogP contribution in [0.3, 0.4) is 0 Å². The van der Waals surface area contributed by atoms with Gasteiger partial charge in [-0.2, -0.15) is 13.2 Å². The lowest BCUT2D eigenvalue weighted by Crippen LogP contribution is -2.12. The van der Waals surface area contributed by atoms with Crippen molar-refractivity contribution in [1.82, 2.24) is 9.97 Å². The molecule has 0 spiro atoms. The highest BCUT2D eigenvalue weighted by Gasteiger charge is 2.30. The Kier molecular flexibility index (Phi) is 6.10. The van der Waals surface area contributed by atoms with Gasteiger partial charge >= 0.3 is 12.3 Å². The molecule has 0 radical (unpaired) electrons. The number of alkyl halides is 3. The number of hydrogen-bond acceptors (Lipinski definition) is 6. The lowest BCUT2D eigenvalue weighted by molar-refractivity contribution is -0.137. The summed E-state index contributed by atoms with van der Waals surface area (Å²) in [6, 6.07) is 9.63. The molecule has 4 aromatic rings. The number of nitrogens with zero attached hydrogens (tertiary/aromatic N) is 1. The maximum Gasteiger partial charge on any atom is 0.515 e. The number of H-pyrrole nitrogens is 1. The number of halogens is 3. The number of nitrogens with one attached hydrogen (secondary N) is 1. The van der Waals surface area contributed by atoms with Crippen molar-refractivity contribution in [2.45, 2.75) is 19.7 Å². The molecule has 2 heterocycles. The van der Waals surface area contributed by atoms with E-state index in [4.69, 9.17) is 18.9 Å². The van der Waals surface area contributed by atoms with Crippen LogP contribution < -0.4 is 9.47 Å². The molecule has 1 N–H and O–H groups in total. The second-order valence-electron chi connectivity index (χ2n) is 7.01. The average Bonchev–Trinajstić information content (AvgIpc) is 3.13. The van der Waals surface area contributed by atoms with Gasteiger partial charge in [-0.1, -0.05) is 0 Å². The number of methoxy groups -OCH3 is 1. The third kappa shape index (κ3) is 4.70. The Morgan fingerprint density at radius 2 is 1.79 bits per heavy atom. The van der Waals surface area contributed by atoms with Crippen LogP contribution in [0, 0.1) is 0 Å². The number of hydrogen-bond donors (Lipinski definition) is 1. The molecule has 0 aliphatic rings. The van der Waals surface area contributed by atoms with E-state index in [0.717, 1.165) is 23.0 Å². The fourth-order valence-corrected chi connectivity index (χ4v) is 3.43. The third-order valence-electron chi connectivity index (χ3n) is 4.82. The number of ether oxygens (including phenoxy) is 4. The molecule has 0 atom stereocenters. The summed E-state index contributed by atoms with van der Waals surface area (Å²) in [4.78, 5) is 19.3. The number of pyridine rings is 1. The molecule has 2 aromatic heterocycles. The molecule has 0 unspecified atom stereocenters. The van der Waals surface area contributed by atoms with E-state index in [1.54, 1.807) is 25.1 Å². The van der Waals surface area contributed by atoms with Crippen LogP contribution >= 0.6 is 0 Å². The van der Waals surface area contributed by atoms with Crippen LogP contribution in [0.4, 0.5) is 18.0 Å². The number of aromatic nitrogens is 2. The number of rotatable bonds is 6. The Bertz CT molecular complexity index is 1300. The van der Waals surface area contributed by atoms with E-state index >= 15 is 0 Å². The fraction of sp³-hybridized carbons (Fsp3) is 0.217. The number of fused-ring (bicyclic) bond motifs is 3. The van der Waals surface area contributed by atoms with E-state index in [0.29, 0.717) is 22.2 Å². The highest BCUT2D eigenvalue weighted by Crippen LogP contribution is 2.36. The van der Waals surface area contributed by atoms with Gasteiger partial charge < -0.3 is 23.9 Å². The van der Waals surface area contributed by atoms with Crippen LogP contribution in [0.5, 0.6) is 17.4 Å². The highest BCUT2D eigenvalue weighted by atomic mass is 19.4. The van der Waals surface area contributed by atoms with E-state index in [9.17, 15) is 18.0 Å². The van der Waals surface area contributed by atoms with Gasteiger partial charge in [0.1, 0.15) is 11.5 Å². The second-order valence-corrected chi connectivity index (χ2v) is 7.01. The average molecular weight is 460 g/mol. The van der Waals surface area contributed by atoms with Gasteiger partial charge in [-0.05, 0) is 49.4 Å². The van der Waals surface area contributed by atoms with Crippen molar-refractivity contribution >= 4 is 28.0 Å². The lowest BCUT2D eigenvalue weighted by Gasteiger charge is -2.11. The smallest absolute Gasteiger partial charge is 0.457 e. The first kappa shape index (κ1) is 22.4. The summed E-state index contributed by atoms with van der Waals surface area (Å²) in [7, 11) is 1.50. The first-order chi connectivity index (χ1) is 15.8. The largest absolute Gasteiger partial charge is 0.515 e. The zero-order chi connectivity index (χ0) is 23.6. The fourth-order valence-electron chi connectivity index (χ4n) is 3.43. The van der Waals surface area contributed by atoms with Crippen molar-refractivity contribution in [3.05, 3.63) is 59.8 Å². The van der Waals surface area contributed by atoms with E-state index in [1.165, 1.54) is 25.4 Å². The van der Waals surface area contributed by atoms with E-state index in [1.807, 2.05) is 0 Å². The first-order valence-corrected chi connectivity index (χ1v) is 9.92. The molecule has 0 aliphatic heterocycles. The standard InChI is InChI=1S/C23H19F3N2O5/c1-3-31-22(29)33-21-17(12-30-2)20-16-10-15(8-9-18(16)28-19(20)11-27-21)32-14-6-4-13(5-7-14)23(24,25)26/h4-11,28H,3,12H2,1-2H3. The summed E-state index contributed by atoms with van der Waals surface area (Å²) in [5.74, 6) is 0.723.